The van der Waals surface area contributed by atoms with Crippen molar-refractivity contribution in [2.45, 2.75) is 32.5 Å². The lowest BCUT2D eigenvalue weighted by atomic mass is 9.98. The van der Waals surface area contributed by atoms with Gasteiger partial charge in [0, 0.05) is 42.3 Å². The number of para-hydroxylation sites is 1. The molecular weight excluding hydrogens is 471 g/mol. The van der Waals surface area contributed by atoms with Gasteiger partial charge in [0.25, 0.3) is 0 Å². The van der Waals surface area contributed by atoms with Crippen LogP contribution in [0, 0.1) is 5.82 Å². The van der Waals surface area contributed by atoms with Crippen LogP contribution in [-0.4, -0.2) is 52.5 Å². The van der Waals surface area contributed by atoms with E-state index in [1.54, 1.807) is 12.0 Å². The summed E-state index contributed by atoms with van der Waals surface area (Å²) in [5.74, 6) is -0.0660. The van der Waals surface area contributed by atoms with E-state index < -0.39 is 11.8 Å². The zero-order valence-electron chi connectivity index (χ0n) is 19.9. The highest BCUT2D eigenvalue weighted by Gasteiger charge is 2.35. The molecule has 0 spiro atoms. The number of methoxy groups -OCH3 is 1. The van der Waals surface area contributed by atoms with Crippen LogP contribution in [0.1, 0.15) is 31.1 Å². The monoisotopic (exact) mass is 498 g/mol. The van der Waals surface area contributed by atoms with Crippen LogP contribution in [0.25, 0.3) is 0 Å². The van der Waals surface area contributed by atoms with Gasteiger partial charge in [0.05, 0.1) is 12.1 Å². The summed E-state index contributed by atoms with van der Waals surface area (Å²) in [6, 6.07) is 14.5. The van der Waals surface area contributed by atoms with Crippen LogP contribution in [-0.2, 0) is 11.3 Å². The van der Waals surface area contributed by atoms with E-state index in [2.05, 4.69) is 9.88 Å². The van der Waals surface area contributed by atoms with Crippen LogP contribution >= 0.6 is 11.6 Å². The van der Waals surface area contributed by atoms with E-state index in [1.165, 1.54) is 23.1 Å². The Bertz CT molecular complexity index is 1230. The molecule has 1 aliphatic rings. The van der Waals surface area contributed by atoms with E-state index in [0.717, 1.165) is 11.3 Å². The summed E-state index contributed by atoms with van der Waals surface area (Å²) >= 11 is 5.84. The smallest absolute Gasteiger partial charge is 0.322 e. The fraction of sp³-hybridized carbons (Fsp3) is 0.308. The highest BCUT2D eigenvalue weighted by atomic mass is 35.5. The Hall–Kier alpha value is -3.52. The summed E-state index contributed by atoms with van der Waals surface area (Å²) in [6.45, 7) is 4.70. The maximum atomic E-state index is 13.7. The standard InChI is InChI=1S/C26H28ClFN4O3/c1-17(2)32(26(34)29-18-10-11-21(28)20(27)15-18)16-24(33)31-14-13-30-12-6-8-22(30)25(31)19-7-4-5-9-23(19)35-3/h4-12,15,17,25H,13-14,16H2,1-3H3,(H,29,34). The summed E-state index contributed by atoms with van der Waals surface area (Å²) in [4.78, 5) is 30.0. The maximum Gasteiger partial charge on any atom is 0.322 e. The third kappa shape index (κ3) is 5.12. The molecule has 0 radical (unpaired) electrons. The van der Waals surface area contributed by atoms with Crippen molar-refractivity contribution < 1.29 is 18.7 Å². The van der Waals surface area contributed by atoms with Crippen LogP contribution in [0.2, 0.25) is 5.02 Å². The van der Waals surface area contributed by atoms with E-state index >= 15 is 0 Å². The quantitative estimate of drug-likeness (QED) is 0.510. The number of nitrogens with one attached hydrogen (secondary N) is 1. The molecule has 1 aliphatic heterocycles. The summed E-state index contributed by atoms with van der Waals surface area (Å²) < 4.78 is 21.2. The molecule has 1 aromatic heterocycles. The van der Waals surface area contributed by atoms with Crippen molar-refractivity contribution >= 4 is 29.2 Å². The number of urea groups is 1. The fourth-order valence-corrected chi connectivity index (χ4v) is 4.55. The van der Waals surface area contributed by atoms with Crippen molar-refractivity contribution in [1.29, 1.82) is 0 Å². The van der Waals surface area contributed by atoms with E-state index in [0.29, 0.717) is 24.5 Å². The number of amides is 3. The number of ether oxygens (including phenoxy) is 1. The first-order chi connectivity index (χ1) is 16.8. The Labute approximate surface area is 209 Å². The molecule has 3 aromatic rings. The summed E-state index contributed by atoms with van der Waals surface area (Å²) in [6.07, 6.45) is 2.00. The Balaban J connectivity index is 1.59. The second-order valence-corrected chi connectivity index (χ2v) is 9.05. The van der Waals surface area contributed by atoms with Crippen LogP contribution in [0.3, 0.4) is 0 Å². The van der Waals surface area contributed by atoms with Gasteiger partial charge in [-0.2, -0.15) is 0 Å². The largest absolute Gasteiger partial charge is 0.496 e. The third-order valence-corrected chi connectivity index (χ3v) is 6.44. The number of carbonyl (C=O) groups is 2. The summed E-state index contributed by atoms with van der Waals surface area (Å²) in [5.41, 5.74) is 2.21. The molecule has 0 aliphatic carbocycles. The Morgan fingerprint density at radius 1 is 1.17 bits per heavy atom. The molecule has 35 heavy (non-hydrogen) atoms. The van der Waals surface area contributed by atoms with Gasteiger partial charge in [-0.1, -0.05) is 29.8 Å². The predicted octanol–water partition coefficient (Wildman–Crippen LogP) is 5.16. The van der Waals surface area contributed by atoms with Crippen molar-refractivity contribution in [3.8, 4) is 5.75 Å². The average molecular weight is 499 g/mol. The number of anilines is 1. The molecule has 1 atom stereocenters. The molecule has 0 bridgehead atoms. The number of fused-ring (bicyclic) bond motifs is 1. The number of rotatable bonds is 6. The molecule has 1 unspecified atom stereocenters. The molecular formula is C26H28ClFN4O3. The number of nitrogens with zero attached hydrogens (tertiary/aromatic N) is 3. The molecule has 2 aromatic carbocycles. The SMILES string of the molecule is COc1ccccc1C1c2cccn2CCN1C(=O)CN(C(=O)Nc1ccc(F)c(Cl)c1)C(C)C. The first kappa shape index (κ1) is 24.6. The van der Waals surface area contributed by atoms with Gasteiger partial charge in [0.15, 0.2) is 0 Å². The normalized spacial score (nSPS) is 15.0. The van der Waals surface area contributed by atoms with Crippen LogP contribution in [0.4, 0.5) is 14.9 Å². The minimum atomic E-state index is -0.571. The van der Waals surface area contributed by atoms with Crippen LogP contribution in [0.15, 0.2) is 60.8 Å². The molecule has 4 rings (SSSR count). The van der Waals surface area contributed by atoms with Crippen molar-refractivity contribution in [2.24, 2.45) is 0 Å². The first-order valence-electron chi connectivity index (χ1n) is 11.4. The van der Waals surface area contributed by atoms with Gasteiger partial charge in [0.1, 0.15) is 24.2 Å². The Morgan fingerprint density at radius 3 is 2.66 bits per heavy atom. The number of benzene rings is 2. The molecule has 1 N–H and O–H groups in total. The Morgan fingerprint density at radius 2 is 1.94 bits per heavy atom. The zero-order valence-corrected chi connectivity index (χ0v) is 20.6. The van der Waals surface area contributed by atoms with Gasteiger partial charge in [-0.3, -0.25) is 4.79 Å². The van der Waals surface area contributed by atoms with Gasteiger partial charge >= 0.3 is 6.03 Å². The highest BCUT2D eigenvalue weighted by molar-refractivity contribution is 6.31. The van der Waals surface area contributed by atoms with Gasteiger partial charge < -0.3 is 24.4 Å². The number of aromatic nitrogens is 1. The topological polar surface area (TPSA) is 66.8 Å². The molecule has 0 fully saturated rings. The lowest BCUT2D eigenvalue weighted by molar-refractivity contribution is -0.134. The minimum Gasteiger partial charge on any atom is -0.496 e. The van der Waals surface area contributed by atoms with Crippen LogP contribution in [0.5, 0.6) is 5.75 Å². The van der Waals surface area contributed by atoms with Gasteiger partial charge in [-0.15, -0.1) is 0 Å². The molecule has 9 heteroatoms. The summed E-state index contributed by atoms with van der Waals surface area (Å²) in [7, 11) is 1.61. The van der Waals surface area contributed by atoms with Crippen molar-refractivity contribution in [3.63, 3.8) is 0 Å². The maximum absolute atomic E-state index is 13.7. The molecule has 0 saturated carbocycles. The first-order valence-corrected chi connectivity index (χ1v) is 11.8. The number of hydrogen-bond acceptors (Lipinski definition) is 3. The molecule has 7 nitrogen and oxygen atoms in total. The molecule has 184 valence electrons. The van der Waals surface area contributed by atoms with E-state index in [9.17, 15) is 14.0 Å². The second kappa shape index (κ2) is 10.4. The lowest BCUT2D eigenvalue weighted by Crippen LogP contribution is -2.50. The van der Waals surface area contributed by atoms with Crippen molar-refractivity contribution in [3.05, 3.63) is 82.9 Å². The predicted molar refractivity (Wildman–Crippen MR) is 133 cm³/mol. The van der Waals surface area contributed by atoms with E-state index in [1.807, 2.05) is 56.4 Å². The van der Waals surface area contributed by atoms with Crippen molar-refractivity contribution in [2.75, 3.05) is 25.5 Å². The number of carbonyl (C=O) groups excluding carboxylic acids is 2. The highest BCUT2D eigenvalue weighted by Crippen LogP contribution is 2.37. The minimum absolute atomic E-state index is 0.0917. The van der Waals surface area contributed by atoms with Crippen LogP contribution < -0.4 is 10.1 Å². The average Bonchev–Trinajstić information content (AvgIpc) is 3.32. The number of hydrogen-bond donors (Lipinski definition) is 1. The molecule has 3 amide bonds. The molecule has 0 saturated heterocycles. The zero-order chi connectivity index (χ0) is 25.1. The Kier molecular flexibility index (Phi) is 7.31. The van der Waals surface area contributed by atoms with Gasteiger partial charge in [0.2, 0.25) is 5.91 Å². The third-order valence-electron chi connectivity index (χ3n) is 6.15. The van der Waals surface area contributed by atoms with Crippen molar-refractivity contribution in [1.82, 2.24) is 14.4 Å². The van der Waals surface area contributed by atoms with Gasteiger partial charge in [-0.25, -0.2) is 9.18 Å². The lowest BCUT2D eigenvalue weighted by Gasteiger charge is -2.39. The number of halogens is 2. The van der Waals surface area contributed by atoms with Gasteiger partial charge in [-0.05, 0) is 50.2 Å². The summed E-state index contributed by atoms with van der Waals surface area (Å²) in [5, 5.41) is 2.62. The molecule has 2 heterocycles. The van der Waals surface area contributed by atoms with E-state index in [-0.39, 0.29) is 29.6 Å². The van der Waals surface area contributed by atoms with E-state index in [4.69, 9.17) is 16.3 Å². The fourth-order valence-electron chi connectivity index (χ4n) is 4.37. The second-order valence-electron chi connectivity index (χ2n) is 8.64.